The number of hydrogen-bond donors (Lipinski definition) is 0. The van der Waals surface area contributed by atoms with Crippen molar-refractivity contribution in [3.8, 4) is 0 Å². The molecule has 1 heteroatoms. The SMILES string of the molecule is C=CCC(C)CCCN(CC)CC. The van der Waals surface area contributed by atoms with Crippen molar-refractivity contribution in [2.45, 2.75) is 40.0 Å². The zero-order chi connectivity index (χ0) is 10.1. The first kappa shape index (κ1) is 12.7. The van der Waals surface area contributed by atoms with E-state index in [0.29, 0.717) is 0 Å². The van der Waals surface area contributed by atoms with Crippen molar-refractivity contribution < 1.29 is 0 Å². The predicted octanol–water partition coefficient (Wildman–Crippen LogP) is 3.32. The molecule has 0 fully saturated rings. The summed E-state index contributed by atoms with van der Waals surface area (Å²) in [5.74, 6) is 0.813. The van der Waals surface area contributed by atoms with E-state index in [0.717, 1.165) is 12.3 Å². The van der Waals surface area contributed by atoms with Gasteiger partial charge in [0.25, 0.3) is 0 Å². The first-order valence-electron chi connectivity index (χ1n) is 5.57. The van der Waals surface area contributed by atoms with Gasteiger partial charge < -0.3 is 4.90 Å². The molecule has 78 valence electrons. The third-order valence-electron chi connectivity index (χ3n) is 2.63. The quantitative estimate of drug-likeness (QED) is 0.522. The average molecular weight is 183 g/mol. The summed E-state index contributed by atoms with van der Waals surface area (Å²) in [7, 11) is 0. The van der Waals surface area contributed by atoms with Crippen molar-refractivity contribution in [1.29, 1.82) is 0 Å². The number of allylic oxidation sites excluding steroid dienone is 1. The Hall–Kier alpha value is -0.300. The lowest BCUT2D eigenvalue weighted by atomic mass is 10.0. The van der Waals surface area contributed by atoms with Crippen molar-refractivity contribution in [2.75, 3.05) is 19.6 Å². The van der Waals surface area contributed by atoms with Crippen LogP contribution in [0, 0.1) is 5.92 Å². The molecule has 0 bridgehead atoms. The van der Waals surface area contributed by atoms with E-state index in [4.69, 9.17) is 0 Å². The summed E-state index contributed by atoms with van der Waals surface area (Å²) in [5, 5.41) is 0. The minimum atomic E-state index is 0.813. The Balaban J connectivity index is 3.36. The number of rotatable bonds is 8. The molecule has 0 aliphatic heterocycles. The maximum atomic E-state index is 3.77. The van der Waals surface area contributed by atoms with E-state index in [-0.39, 0.29) is 0 Å². The van der Waals surface area contributed by atoms with Crippen molar-refractivity contribution in [2.24, 2.45) is 5.92 Å². The zero-order valence-electron chi connectivity index (χ0n) is 9.55. The molecule has 1 atom stereocenters. The number of nitrogens with zero attached hydrogens (tertiary/aromatic N) is 1. The third kappa shape index (κ3) is 6.83. The lowest BCUT2D eigenvalue weighted by Gasteiger charge is -2.18. The van der Waals surface area contributed by atoms with Gasteiger partial charge in [0.15, 0.2) is 0 Å². The third-order valence-corrected chi connectivity index (χ3v) is 2.63. The molecular formula is C12H25N. The summed E-state index contributed by atoms with van der Waals surface area (Å²) < 4.78 is 0. The minimum absolute atomic E-state index is 0.813. The summed E-state index contributed by atoms with van der Waals surface area (Å²) in [6.07, 6.45) is 5.86. The van der Waals surface area contributed by atoms with Crippen LogP contribution in [-0.2, 0) is 0 Å². The normalized spacial score (nSPS) is 13.2. The fraction of sp³-hybridized carbons (Fsp3) is 0.833. The van der Waals surface area contributed by atoms with Gasteiger partial charge in [-0.25, -0.2) is 0 Å². The van der Waals surface area contributed by atoms with Crippen molar-refractivity contribution in [1.82, 2.24) is 4.90 Å². The second-order valence-corrected chi connectivity index (χ2v) is 3.80. The van der Waals surface area contributed by atoms with Crippen LogP contribution < -0.4 is 0 Å². The average Bonchev–Trinajstić information content (AvgIpc) is 2.13. The Labute approximate surface area is 83.8 Å². The van der Waals surface area contributed by atoms with Crippen LogP contribution >= 0.6 is 0 Å². The van der Waals surface area contributed by atoms with E-state index in [1.165, 1.54) is 32.5 Å². The molecule has 0 spiro atoms. The fourth-order valence-electron chi connectivity index (χ4n) is 1.61. The maximum absolute atomic E-state index is 3.77. The first-order chi connectivity index (χ1) is 6.24. The molecule has 0 amide bonds. The van der Waals surface area contributed by atoms with Gasteiger partial charge in [-0.1, -0.05) is 26.8 Å². The smallest absolute Gasteiger partial charge is 0.00189 e. The Bertz CT molecular complexity index is 116. The van der Waals surface area contributed by atoms with Crippen molar-refractivity contribution in [3.63, 3.8) is 0 Å². The van der Waals surface area contributed by atoms with E-state index in [1.54, 1.807) is 0 Å². The van der Waals surface area contributed by atoms with Gasteiger partial charge in [-0.3, -0.25) is 0 Å². The molecule has 0 saturated heterocycles. The second-order valence-electron chi connectivity index (χ2n) is 3.80. The highest BCUT2D eigenvalue weighted by molar-refractivity contribution is 4.70. The molecule has 13 heavy (non-hydrogen) atoms. The molecule has 1 unspecified atom stereocenters. The lowest BCUT2D eigenvalue weighted by molar-refractivity contribution is 0.288. The van der Waals surface area contributed by atoms with Gasteiger partial charge in [0.05, 0.1) is 0 Å². The van der Waals surface area contributed by atoms with Crippen molar-refractivity contribution >= 4 is 0 Å². The molecule has 0 rings (SSSR count). The largest absolute Gasteiger partial charge is 0.304 e. The summed E-state index contributed by atoms with van der Waals surface area (Å²) in [6.45, 7) is 14.2. The van der Waals surface area contributed by atoms with Gasteiger partial charge in [-0.05, 0) is 44.8 Å². The first-order valence-corrected chi connectivity index (χ1v) is 5.57. The molecule has 0 aromatic heterocycles. The van der Waals surface area contributed by atoms with Crippen LogP contribution in [0.15, 0.2) is 12.7 Å². The van der Waals surface area contributed by atoms with E-state index in [9.17, 15) is 0 Å². The summed E-state index contributed by atoms with van der Waals surface area (Å²) >= 11 is 0. The molecular weight excluding hydrogens is 158 g/mol. The van der Waals surface area contributed by atoms with Crippen molar-refractivity contribution in [3.05, 3.63) is 12.7 Å². The Kier molecular flexibility index (Phi) is 8.11. The van der Waals surface area contributed by atoms with Gasteiger partial charge in [-0.15, -0.1) is 6.58 Å². The summed E-state index contributed by atoms with van der Waals surface area (Å²) in [4.78, 5) is 2.49. The molecule has 0 aliphatic carbocycles. The molecule has 0 radical (unpaired) electrons. The molecule has 0 aliphatic rings. The highest BCUT2D eigenvalue weighted by Gasteiger charge is 2.02. The Morgan fingerprint density at radius 2 is 1.92 bits per heavy atom. The van der Waals surface area contributed by atoms with Crippen LogP contribution in [-0.4, -0.2) is 24.5 Å². The molecule has 0 heterocycles. The van der Waals surface area contributed by atoms with Crippen LogP contribution in [0.5, 0.6) is 0 Å². The zero-order valence-corrected chi connectivity index (χ0v) is 9.55. The van der Waals surface area contributed by atoms with Crippen LogP contribution in [0.3, 0.4) is 0 Å². The highest BCUT2D eigenvalue weighted by Crippen LogP contribution is 2.10. The topological polar surface area (TPSA) is 3.24 Å². The van der Waals surface area contributed by atoms with E-state index in [1.807, 2.05) is 6.08 Å². The maximum Gasteiger partial charge on any atom is -0.00189 e. The van der Waals surface area contributed by atoms with Crippen LogP contribution in [0.25, 0.3) is 0 Å². The second kappa shape index (κ2) is 8.31. The molecule has 0 aromatic carbocycles. The lowest BCUT2D eigenvalue weighted by Crippen LogP contribution is -2.24. The highest BCUT2D eigenvalue weighted by atomic mass is 15.1. The van der Waals surface area contributed by atoms with Gasteiger partial charge in [0.1, 0.15) is 0 Å². The monoisotopic (exact) mass is 183 g/mol. The fourth-order valence-corrected chi connectivity index (χ4v) is 1.61. The Morgan fingerprint density at radius 3 is 2.38 bits per heavy atom. The summed E-state index contributed by atoms with van der Waals surface area (Å²) in [5.41, 5.74) is 0. The molecule has 0 N–H and O–H groups in total. The minimum Gasteiger partial charge on any atom is -0.304 e. The Morgan fingerprint density at radius 1 is 1.31 bits per heavy atom. The standard InChI is InChI=1S/C12H25N/c1-5-9-12(4)10-8-11-13(6-2)7-3/h5,12H,1,6-11H2,2-4H3. The summed E-state index contributed by atoms with van der Waals surface area (Å²) in [6, 6.07) is 0. The van der Waals surface area contributed by atoms with E-state index >= 15 is 0 Å². The van der Waals surface area contributed by atoms with E-state index in [2.05, 4.69) is 32.3 Å². The van der Waals surface area contributed by atoms with Gasteiger partial charge in [0, 0.05) is 0 Å². The van der Waals surface area contributed by atoms with Gasteiger partial charge in [0.2, 0.25) is 0 Å². The van der Waals surface area contributed by atoms with E-state index < -0.39 is 0 Å². The molecule has 1 nitrogen and oxygen atoms in total. The molecule has 0 aromatic rings. The van der Waals surface area contributed by atoms with Gasteiger partial charge in [-0.2, -0.15) is 0 Å². The number of hydrogen-bond acceptors (Lipinski definition) is 1. The van der Waals surface area contributed by atoms with Crippen LogP contribution in [0.1, 0.15) is 40.0 Å². The van der Waals surface area contributed by atoms with Crippen LogP contribution in [0.4, 0.5) is 0 Å². The van der Waals surface area contributed by atoms with Crippen LogP contribution in [0.2, 0.25) is 0 Å². The predicted molar refractivity (Wildman–Crippen MR) is 61.0 cm³/mol. The molecule has 0 saturated carbocycles. The van der Waals surface area contributed by atoms with Gasteiger partial charge >= 0.3 is 0 Å².